The van der Waals surface area contributed by atoms with Gasteiger partial charge in [0.25, 0.3) is 11.8 Å². The molecule has 1 aromatic heterocycles. The van der Waals surface area contributed by atoms with Crippen LogP contribution in [0.5, 0.6) is 5.88 Å². The van der Waals surface area contributed by atoms with Crippen molar-refractivity contribution in [3.05, 3.63) is 75.2 Å². The first kappa shape index (κ1) is 20.9. The predicted octanol–water partition coefficient (Wildman–Crippen LogP) is 5.27. The molecule has 0 unspecified atom stereocenters. The van der Waals surface area contributed by atoms with E-state index in [1.165, 1.54) is 4.90 Å². The molecule has 0 saturated carbocycles. The number of amides is 2. The number of anilines is 1. The lowest BCUT2D eigenvalue weighted by Gasteiger charge is -2.24. The molecule has 7 nitrogen and oxygen atoms in total. The fourth-order valence-corrected chi connectivity index (χ4v) is 3.14. The van der Waals surface area contributed by atoms with E-state index >= 15 is 0 Å². The van der Waals surface area contributed by atoms with Gasteiger partial charge in [-0.05, 0) is 40.5 Å². The molecule has 0 aliphatic rings. The Morgan fingerprint density at radius 1 is 1.17 bits per heavy atom. The Balaban J connectivity index is 1.68. The molecule has 3 aromatic rings. The molecule has 2 N–H and O–H groups in total. The van der Waals surface area contributed by atoms with Crippen LogP contribution in [0.4, 0.5) is 10.6 Å². The molecule has 0 fully saturated rings. The number of hydrogen-bond acceptors (Lipinski definition) is 4. The summed E-state index contributed by atoms with van der Waals surface area (Å²) in [5.74, 6) is -0.166. The number of benzene rings is 2. The Labute approximate surface area is 181 Å². The van der Waals surface area contributed by atoms with Gasteiger partial charge in [-0.25, -0.2) is 4.79 Å². The number of hydrogen-bond donors (Lipinski definition) is 2. The zero-order valence-corrected chi connectivity index (χ0v) is 18.0. The minimum absolute atomic E-state index is 0.0107. The van der Waals surface area contributed by atoms with E-state index in [-0.39, 0.29) is 17.7 Å². The first-order valence-corrected chi connectivity index (χ1v) is 9.85. The normalized spacial score (nSPS) is 11.6. The SMILES string of the molecule is C[C@H](c1ccccc1)N(C)C(=O)Oc1n[nH]c(NC(=O)c2ccccc2Cl)c1Br. The summed E-state index contributed by atoms with van der Waals surface area (Å²) in [7, 11) is 1.64. The van der Waals surface area contributed by atoms with Gasteiger partial charge >= 0.3 is 6.09 Å². The van der Waals surface area contributed by atoms with E-state index < -0.39 is 12.0 Å². The standard InChI is InChI=1S/C20H18BrClN4O3/c1-12(13-8-4-3-5-9-13)26(2)20(28)29-19-16(21)17(24-25-19)23-18(27)14-10-6-7-11-15(14)22/h3-12H,1-2H3,(H2,23,24,25,27)/t12-/m1/s1. The smallest absolute Gasteiger partial charge is 0.388 e. The molecule has 2 aromatic carbocycles. The van der Waals surface area contributed by atoms with Crippen molar-refractivity contribution >= 4 is 45.3 Å². The lowest BCUT2D eigenvalue weighted by molar-refractivity contribution is 0.102. The largest absolute Gasteiger partial charge is 0.416 e. The van der Waals surface area contributed by atoms with Gasteiger partial charge in [-0.2, -0.15) is 0 Å². The molecule has 0 bridgehead atoms. The Morgan fingerprint density at radius 2 is 1.83 bits per heavy atom. The molecule has 9 heteroatoms. The van der Waals surface area contributed by atoms with Gasteiger partial charge in [0.15, 0.2) is 0 Å². The first-order valence-electron chi connectivity index (χ1n) is 8.67. The lowest BCUT2D eigenvalue weighted by atomic mass is 10.1. The molecule has 0 radical (unpaired) electrons. The number of carbonyl (C=O) groups is 2. The molecule has 0 spiro atoms. The predicted molar refractivity (Wildman–Crippen MR) is 114 cm³/mol. The number of nitrogens with zero attached hydrogens (tertiary/aromatic N) is 2. The van der Waals surface area contributed by atoms with Gasteiger partial charge in [-0.1, -0.05) is 54.1 Å². The summed E-state index contributed by atoms with van der Waals surface area (Å²) in [5.41, 5.74) is 1.28. The van der Waals surface area contributed by atoms with E-state index in [9.17, 15) is 9.59 Å². The third-order valence-corrected chi connectivity index (χ3v) is 5.43. The Bertz CT molecular complexity index is 1030. The van der Waals surface area contributed by atoms with Crippen molar-refractivity contribution in [1.29, 1.82) is 0 Å². The molecular weight excluding hydrogens is 460 g/mol. The topological polar surface area (TPSA) is 87.3 Å². The van der Waals surface area contributed by atoms with E-state index in [0.29, 0.717) is 15.1 Å². The van der Waals surface area contributed by atoms with Crippen LogP contribution in [0.25, 0.3) is 0 Å². The second kappa shape index (κ2) is 9.11. The number of nitrogens with one attached hydrogen (secondary N) is 2. The lowest BCUT2D eigenvalue weighted by Crippen LogP contribution is -2.32. The van der Waals surface area contributed by atoms with E-state index in [1.807, 2.05) is 37.3 Å². The summed E-state index contributed by atoms with van der Waals surface area (Å²) in [4.78, 5) is 26.4. The average molecular weight is 478 g/mol. The zero-order chi connectivity index (χ0) is 21.0. The monoisotopic (exact) mass is 476 g/mol. The maximum Gasteiger partial charge on any atom is 0.416 e. The molecule has 0 aliphatic carbocycles. The average Bonchev–Trinajstić information content (AvgIpc) is 3.07. The van der Waals surface area contributed by atoms with Crippen molar-refractivity contribution in [3.63, 3.8) is 0 Å². The molecule has 1 atom stereocenters. The minimum Gasteiger partial charge on any atom is -0.388 e. The number of aromatic nitrogens is 2. The Kier molecular flexibility index (Phi) is 6.56. The summed E-state index contributed by atoms with van der Waals surface area (Å²) in [6.07, 6.45) is -0.586. The number of carbonyl (C=O) groups excluding carboxylic acids is 2. The van der Waals surface area contributed by atoms with Crippen LogP contribution in [0.15, 0.2) is 59.1 Å². The van der Waals surface area contributed by atoms with Gasteiger partial charge in [0.1, 0.15) is 10.3 Å². The maximum absolute atomic E-state index is 12.5. The summed E-state index contributed by atoms with van der Waals surface area (Å²) < 4.78 is 5.67. The summed E-state index contributed by atoms with van der Waals surface area (Å²) in [5, 5.41) is 9.55. The number of aromatic amines is 1. The first-order chi connectivity index (χ1) is 13.9. The highest BCUT2D eigenvalue weighted by Crippen LogP contribution is 2.31. The molecule has 150 valence electrons. The summed E-state index contributed by atoms with van der Waals surface area (Å²) in [6.45, 7) is 1.89. The quantitative estimate of drug-likeness (QED) is 0.524. The van der Waals surface area contributed by atoms with Crippen LogP contribution in [0.3, 0.4) is 0 Å². The van der Waals surface area contributed by atoms with Crippen LogP contribution in [-0.4, -0.2) is 34.1 Å². The van der Waals surface area contributed by atoms with Crippen molar-refractivity contribution in [3.8, 4) is 5.88 Å². The van der Waals surface area contributed by atoms with Gasteiger partial charge in [0, 0.05) is 7.05 Å². The van der Waals surface area contributed by atoms with Crippen molar-refractivity contribution in [1.82, 2.24) is 15.1 Å². The van der Waals surface area contributed by atoms with E-state index in [0.717, 1.165) is 5.56 Å². The fourth-order valence-electron chi connectivity index (χ4n) is 2.56. The van der Waals surface area contributed by atoms with Crippen LogP contribution >= 0.6 is 27.5 Å². The van der Waals surface area contributed by atoms with Crippen LogP contribution in [0.1, 0.15) is 28.9 Å². The highest BCUT2D eigenvalue weighted by molar-refractivity contribution is 9.10. The van der Waals surface area contributed by atoms with E-state index in [2.05, 4.69) is 31.4 Å². The van der Waals surface area contributed by atoms with Crippen LogP contribution in [-0.2, 0) is 0 Å². The summed E-state index contributed by atoms with van der Waals surface area (Å²) >= 11 is 9.33. The van der Waals surface area contributed by atoms with Gasteiger partial charge in [-0.15, -0.1) is 5.10 Å². The second-order valence-electron chi connectivity index (χ2n) is 6.22. The molecule has 29 heavy (non-hydrogen) atoms. The fraction of sp³-hybridized carbons (Fsp3) is 0.150. The van der Waals surface area contributed by atoms with Gasteiger partial charge in [0.05, 0.1) is 16.6 Å². The van der Waals surface area contributed by atoms with Crippen LogP contribution < -0.4 is 10.1 Å². The van der Waals surface area contributed by atoms with Crippen molar-refractivity contribution in [2.24, 2.45) is 0 Å². The molecule has 1 heterocycles. The Morgan fingerprint density at radius 3 is 2.52 bits per heavy atom. The maximum atomic E-state index is 12.5. The number of halogens is 2. The highest BCUT2D eigenvalue weighted by atomic mass is 79.9. The molecule has 3 rings (SSSR count). The van der Waals surface area contributed by atoms with Crippen LogP contribution in [0, 0.1) is 0 Å². The molecule has 0 aliphatic heterocycles. The van der Waals surface area contributed by atoms with E-state index in [1.54, 1.807) is 31.3 Å². The van der Waals surface area contributed by atoms with Crippen molar-refractivity contribution in [2.75, 3.05) is 12.4 Å². The second-order valence-corrected chi connectivity index (χ2v) is 7.42. The van der Waals surface area contributed by atoms with Gasteiger partial charge in [0.2, 0.25) is 0 Å². The molecule has 2 amide bonds. The molecule has 0 saturated heterocycles. The van der Waals surface area contributed by atoms with E-state index in [4.69, 9.17) is 16.3 Å². The third-order valence-electron chi connectivity index (χ3n) is 4.37. The van der Waals surface area contributed by atoms with Crippen LogP contribution in [0.2, 0.25) is 5.02 Å². The third kappa shape index (κ3) is 4.78. The van der Waals surface area contributed by atoms with Crippen molar-refractivity contribution in [2.45, 2.75) is 13.0 Å². The van der Waals surface area contributed by atoms with Gasteiger partial charge < -0.3 is 15.0 Å². The number of ether oxygens (including phenoxy) is 1. The highest BCUT2D eigenvalue weighted by Gasteiger charge is 2.23. The van der Waals surface area contributed by atoms with Gasteiger partial charge in [-0.3, -0.25) is 9.89 Å². The minimum atomic E-state index is -0.586. The number of H-pyrrole nitrogens is 1. The van der Waals surface area contributed by atoms with Crippen molar-refractivity contribution < 1.29 is 14.3 Å². The summed E-state index contributed by atoms with van der Waals surface area (Å²) in [6, 6.07) is 16.1. The zero-order valence-electron chi connectivity index (χ0n) is 15.6. The Hall–Kier alpha value is -2.84. The molecular formula is C20H18BrClN4O3. The number of rotatable bonds is 5.